The number of hydrogen-bond acceptors (Lipinski definition) is 4. The van der Waals surface area contributed by atoms with Gasteiger partial charge in [0.05, 0.1) is 7.11 Å². The first-order chi connectivity index (χ1) is 12.3. The summed E-state index contributed by atoms with van der Waals surface area (Å²) in [4.78, 5) is 7.36. The molecule has 3 aromatic rings. The van der Waals surface area contributed by atoms with Gasteiger partial charge in [0, 0.05) is 47.4 Å². The molecule has 25 heavy (non-hydrogen) atoms. The third-order valence-corrected chi connectivity index (χ3v) is 4.47. The second-order valence-corrected chi connectivity index (χ2v) is 5.95. The number of hydrogen-bond donors (Lipinski definition) is 3. The maximum absolute atomic E-state index is 10.7. The number of pyridine rings is 1. The van der Waals surface area contributed by atoms with Gasteiger partial charge in [-0.3, -0.25) is 4.98 Å². The van der Waals surface area contributed by atoms with E-state index in [0.717, 1.165) is 39.4 Å². The topological polar surface area (TPSA) is 70.2 Å². The van der Waals surface area contributed by atoms with Crippen molar-refractivity contribution in [3.8, 4) is 16.9 Å². The van der Waals surface area contributed by atoms with Gasteiger partial charge in [-0.15, -0.1) is 0 Å². The van der Waals surface area contributed by atoms with Crippen molar-refractivity contribution >= 4 is 11.9 Å². The lowest BCUT2D eigenvalue weighted by Crippen LogP contribution is -2.16. The highest BCUT2D eigenvalue weighted by atomic mass is 16.5. The van der Waals surface area contributed by atoms with Crippen LogP contribution in [0.5, 0.6) is 5.75 Å². The summed E-state index contributed by atoms with van der Waals surface area (Å²) < 4.78 is 5.49. The summed E-state index contributed by atoms with van der Waals surface area (Å²) in [7, 11) is 1.67. The van der Waals surface area contributed by atoms with Crippen molar-refractivity contribution in [1.29, 1.82) is 0 Å². The SMILES string of the molecule is COc1ccccc1-c1c[nH]c2c1C=C(C(O)c1cccnc1)CN2. The maximum atomic E-state index is 10.7. The minimum Gasteiger partial charge on any atom is -0.496 e. The summed E-state index contributed by atoms with van der Waals surface area (Å²) in [5, 5.41) is 14.0. The van der Waals surface area contributed by atoms with Crippen LogP contribution in [0.4, 0.5) is 5.82 Å². The first kappa shape index (κ1) is 15.5. The molecule has 0 amide bonds. The van der Waals surface area contributed by atoms with Gasteiger partial charge in [-0.25, -0.2) is 0 Å². The lowest BCUT2D eigenvalue weighted by molar-refractivity contribution is 0.215. The average Bonchev–Trinajstić information content (AvgIpc) is 3.11. The molecule has 0 bridgehead atoms. The number of para-hydroxylation sites is 1. The van der Waals surface area contributed by atoms with E-state index in [0.29, 0.717) is 6.54 Å². The van der Waals surface area contributed by atoms with Crippen LogP contribution in [0, 0.1) is 0 Å². The van der Waals surface area contributed by atoms with E-state index in [-0.39, 0.29) is 0 Å². The molecule has 126 valence electrons. The summed E-state index contributed by atoms with van der Waals surface area (Å²) >= 11 is 0. The molecule has 1 aliphatic heterocycles. The molecule has 0 fully saturated rings. The summed E-state index contributed by atoms with van der Waals surface area (Å²) in [5.74, 6) is 1.76. The number of ether oxygens (including phenoxy) is 1. The van der Waals surface area contributed by atoms with E-state index in [1.165, 1.54) is 0 Å². The second-order valence-electron chi connectivity index (χ2n) is 5.95. The lowest BCUT2D eigenvalue weighted by atomic mass is 9.95. The molecule has 0 radical (unpaired) electrons. The van der Waals surface area contributed by atoms with E-state index >= 15 is 0 Å². The van der Waals surface area contributed by atoms with Crippen LogP contribution in [0.1, 0.15) is 17.2 Å². The second kappa shape index (κ2) is 6.45. The van der Waals surface area contributed by atoms with Crippen LogP contribution in [0.25, 0.3) is 17.2 Å². The third-order valence-electron chi connectivity index (χ3n) is 4.47. The minimum absolute atomic E-state index is 0.578. The van der Waals surface area contributed by atoms with E-state index in [1.807, 2.05) is 48.7 Å². The van der Waals surface area contributed by atoms with E-state index < -0.39 is 6.10 Å². The highest BCUT2D eigenvalue weighted by Gasteiger charge is 2.22. The summed E-state index contributed by atoms with van der Waals surface area (Å²) in [5.41, 5.74) is 4.76. The summed E-state index contributed by atoms with van der Waals surface area (Å²) in [6.07, 6.45) is 6.72. The van der Waals surface area contributed by atoms with E-state index in [1.54, 1.807) is 19.5 Å². The van der Waals surface area contributed by atoms with Crippen molar-refractivity contribution in [3.63, 3.8) is 0 Å². The Kier molecular flexibility index (Phi) is 3.99. The highest BCUT2D eigenvalue weighted by Crippen LogP contribution is 2.39. The molecule has 4 rings (SSSR count). The number of fused-ring (bicyclic) bond motifs is 1. The predicted octanol–water partition coefficient (Wildman–Crippen LogP) is 3.63. The van der Waals surface area contributed by atoms with Gasteiger partial charge in [0.15, 0.2) is 0 Å². The van der Waals surface area contributed by atoms with Crippen LogP contribution < -0.4 is 10.1 Å². The number of rotatable bonds is 4. The van der Waals surface area contributed by atoms with Crippen LogP contribution in [0.15, 0.2) is 60.6 Å². The van der Waals surface area contributed by atoms with E-state index in [4.69, 9.17) is 4.74 Å². The number of aliphatic hydroxyl groups is 1. The first-order valence-corrected chi connectivity index (χ1v) is 8.15. The van der Waals surface area contributed by atoms with Gasteiger partial charge in [-0.2, -0.15) is 0 Å². The molecule has 0 saturated carbocycles. The number of benzene rings is 1. The van der Waals surface area contributed by atoms with Gasteiger partial charge in [-0.05, 0) is 23.8 Å². The molecule has 0 aliphatic carbocycles. The Labute approximate surface area is 146 Å². The molecule has 5 heteroatoms. The fraction of sp³-hybridized carbons (Fsp3) is 0.150. The normalized spacial score (nSPS) is 14.2. The molecule has 5 nitrogen and oxygen atoms in total. The number of aromatic amines is 1. The molecular formula is C20H19N3O2. The average molecular weight is 333 g/mol. The molecule has 1 atom stereocenters. The monoisotopic (exact) mass is 333 g/mol. The smallest absolute Gasteiger partial charge is 0.126 e. The van der Waals surface area contributed by atoms with Crippen molar-refractivity contribution in [2.75, 3.05) is 19.0 Å². The van der Waals surface area contributed by atoms with Gasteiger partial charge in [0.2, 0.25) is 0 Å². The van der Waals surface area contributed by atoms with Crippen LogP contribution in [0.2, 0.25) is 0 Å². The predicted molar refractivity (Wildman–Crippen MR) is 98.4 cm³/mol. The number of nitrogens with zero attached hydrogens (tertiary/aromatic N) is 1. The van der Waals surface area contributed by atoms with Crippen molar-refractivity contribution in [2.45, 2.75) is 6.10 Å². The minimum atomic E-state index is -0.685. The number of nitrogens with one attached hydrogen (secondary N) is 2. The Bertz CT molecular complexity index is 916. The zero-order chi connectivity index (χ0) is 17.2. The van der Waals surface area contributed by atoms with Gasteiger partial charge in [0.25, 0.3) is 0 Å². The molecule has 0 saturated heterocycles. The zero-order valence-corrected chi connectivity index (χ0v) is 13.9. The Hall–Kier alpha value is -3.05. The largest absolute Gasteiger partial charge is 0.496 e. The number of methoxy groups -OCH3 is 1. The Morgan fingerprint density at radius 2 is 2.04 bits per heavy atom. The quantitative estimate of drug-likeness (QED) is 0.682. The summed E-state index contributed by atoms with van der Waals surface area (Å²) in [6, 6.07) is 11.6. The van der Waals surface area contributed by atoms with Gasteiger partial charge < -0.3 is 20.1 Å². The highest BCUT2D eigenvalue weighted by molar-refractivity contribution is 5.87. The van der Waals surface area contributed by atoms with Crippen LogP contribution in [-0.2, 0) is 0 Å². The Balaban J connectivity index is 1.76. The number of anilines is 1. The molecule has 3 heterocycles. The molecule has 1 aromatic carbocycles. The summed E-state index contributed by atoms with van der Waals surface area (Å²) in [6.45, 7) is 0.578. The molecular weight excluding hydrogens is 314 g/mol. The third kappa shape index (κ3) is 2.79. The van der Waals surface area contributed by atoms with Crippen molar-refractivity contribution in [1.82, 2.24) is 9.97 Å². The fourth-order valence-corrected chi connectivity index (χ4v) is 3.17. The molecule has 1 aliphatic rings. The number of H-pyrrole nitrogens is 1. The maximum Gasteiger partial charge on any atom is 0.126 e. The standard InChI is InChI=1S/C20H19N3O2/c1-25-18-7-3-2-6-15(18)17-12-23-20-16(17)9-14(11-22-20)19(24)13-5-4-8-21-10-13/h2-10,12,19,22-24H,11H2,1H3. The number of aliphatic hydroxyl groups excluding tert-OH is 1. The van der Waals surface area contributed by atoms with Gasteiger partial charge in [0.1, 0.15) is 17.7 Å². The molecule has 3 N–H and O–H groups in total. The zero-order valence-electron chi connectivity index (χ0n) is 13.9. The van der Waals surface area contributed by atoms with Crippen LogP contribution in [-0.4, -0.2) is 28.7 Å². The Morgan fingerprint density at radius 1 is 1.16 bits per heavy atom. The molecule has 2 aromatic heterocycles. The van der Waals surface area contributed by atoms with Gasteiger partial charge in [-0.1, -0.05) is 24.3 Å². The fourth-order valence-electron chi connectivity index (χ4n) is 3.17. The van der Waals surface area contributed by atoms with E-state index in [2.05, 4.69) is 15.3 Å². The van der Waals surface area contributed by atoms with E-state index in [9.17, 15) is 5.11 Å². The first-order valence-electron chi connectivity index (χ1n) is 8.15. The van der Waals surface area contributed by atoms with Gasteiger partial charge >= 0.3 is 0 Å². The molecule has 1 unspecified atom stereocenters. The number of aromatic nitrogens is 2. The Morgan fingerprint density at radius 3 is 2.84 bits per heavy atom. The van der Waals surface area contributed by atoms with Crippen molar-refractivity contribution in [2.24, 2.45) is 0 Å². The van der Waals surface area contributed by atoms with Crippen LogP contribution >= 0.6 is 0 Å². The lowest BCUT2D eigenvalue weighted by Gasteiger charge is -2.21. The van der Waals surface area contributed by atoms with Crippen molar-refractivity contribution in [3.05, 3.63) is 71.7 Å². The molecule has 0 spiro atoms. The van der Waals surface area contributed by atoms with Crippen molar-refractivity contribution < 1.29 is 9.84 Å². The van der Waals surface area contributed by atoms with Crippen LogP contribution in [0.3, 0.4) is 0 Å².